The van der Waals surface area contributed by atoms with Crippen LogP contribution in [-0.2, 0) is 0 Å². The van der Waals surface area contributed by atoms with Gasteiger partial charge in [0.2, 0.25) is 0 Å². The number of benzene rings is 1. The highest BCUT2D eigenvalue weighted by molar-refractivity contribution is 5.62. The Hall–Kier alpha value is -1.69. The summed E-state index contributed by atoms with van der Waals surface area (Å²) in [7, 11) is 0. The smallest absolute Gasteiger partial charge is 0.101 e. The maximum Gasteiger partial charge on any atom is 0.101 e. The van der Waals surface area contributed by atoms with Crippen LogP contribution < -0.4 is 11.1 Å². The van der Waals surface area contributed by atoms with Gasteiger partial charge >= 0.3 is 0 Å². The number of nitrogens with two attached hydrogens (primary N) is 1. The molecule has 0 heterocycles. The minimum absolute atomic E-state index is 0.189. The van der Waals surface area contributed by atoms with E-state index in [1.807, 2.05) is 12.1 Å². The monoisotopic (exact) mass is 231 g/mol. The van der Waals surface area contributed by atoms with Crippen LogP contribution in [0.4, 0.5) is 11.4 Å². The van der Waals surface area contributed by atoms with Crippen molar-refractivity contribution < 1.29 is 0 Å². The van der Waals surface area contributed by atoms with Gasteiger partial charge in [0, 0.05) is 12.2 Å². The summed E-state index contributed by atoms with van der Waals surface area (Å²) in [5.74, 6) is 0.578. The van der Waals surface area contributed by atoms with Crippen LogP contribution >= 0.6 is 0 Å². The molecule has 0 spiro atoms. The third-order valence-electron chi connectivity index (χ3n) is 3.46. The van der Waals surface area contributed by atoms with E-state index in [0.717, 1.165) is 12.2 Å². The molecule has 0 bridgehead atoms. The lowest BCUT2D eigenvalue weighted by Gasteiger charge is -2.30. The molecule has 0 radical (unpaired) electrons. The summed E-state index contributed by atoms with van der Waals surface area (Å²) in [5, 5.41) is 12.4. The Labute approximate surface area is 104 Å². The molecule has 0 aliphatic heterocycles. The second-order valence-electron chi connectivity index (χ2n) is 5.41. The zero-order chi connectivity index (χ0) is 13.1. The molecule has 17 heavy (non-hydrogen) atoms. The minimum Gasteiger partial charge on any atom is -0.399 e. The summed E-state index contributed by atoms with van der Waals surface area (Å²) >= 11 is 0. The molecule has 0 saturated heterocycles. The first-order valence-corrected chi connectivity index (χ1v) is 5.90. The second-order valence-corrected chi connectivity index (χ2v) is 5.41. The number of nitrogen functional groups attached to an aromatic ring is 1. The van der Waals surface area contributed by atoms with Crippen molar-refractivity contribution in [1.29, 1.82) is 5.26 Å². The lowest BCUT2D eigenvalue weighted by atomic mass is 9.81. The van der Waals surface area contributed by atoms with Gasteiger partial charge in [0.15, 0.2) is 0 Å². The second kappa shape index (κ2) is 5.09. The Morgan fingerprint density at radius 3 is 2.59 bits per heavy atom. The molecule has 0 fully saturated rings. The Morgan fingerprint density at radius 2 is 2.06 bits per heavy atom. The summed E-state index contributed by atoms with van der Waals surface area (Å²) in [4.78, 5) is 0. The number of hydrogen-bond acceptors (Lipinski definition) is 3. The van der Waals surface area contributed by atoms with Crippen molar-refractivity contribution in [1.82, 2.24) is 0 Å². The Morgan fingerprint density at radius 1 is 1.41 bits per heavy atom. The first-order valence-electron chi connectivity index (χ1n) is 5.90. The maximum absolute atomic E-state index is 9.04. The average molecular weight is 231 g/mol. The number of hydrogen-bond donors (Lipinski definition) is 2. The van der Waals surface area contributed by atoms with E-state index in [1.54, 1.807) is 6.07 Å². The van der Waals surface area contributed by atoms with Crippen LogP contribution in [0.1, 0.15) is 33.3 Å². The van der Waals surface area contributed by atoms with Gasteiger partial charge in [-0.05, 0) is 29.5 Å². The van der Waals surface area contributed by atoms with Crippen LogP contribution in [0, 0.1) is 22.7 Å². The predicted octanol–water partition coefficient (Wildman–Crippen LogP) is 3.23. The summed E-state index contributed by atoms with van der Waals surface area (Å²) in [5.41, 5.74) is 7.92. The quantitative estimate of drug-likeness (QED) is 0.782. The Balaban J connectivity index is 2.80. The summed E-state index contributed by atoms with van der Waals surface area (Å²) in [6.45, 7) is 9.68. The van der Waals surface area contributed by atoms with Gasteiger partial charge in [0.25, 0.3) is 0 Å². The zero-order valence-corrected chi connectivity index (χ0v) is 11.0. The number of nitrogens with zero attached hydrogens (tertiary/aromatic N) is 1. The highest BCUT2D eigenvalue weighted by Crippen LogP contribution is 2.27. The van der Waals surface area contributed by atoms with Crippen LogP contribution in [0.5, 0.6) is 0 Å². The molecule has 0 amide bonds. The van der Waals surface area contributed by atoms with Gasteiger partial charge in [0.05, 0.1) is 11.3 Å². The van der Waals surface area contributed by atoms with Crippen molar-refractivity contribution in [3.63, 3.8) is 0 Å². The molecule has 1 aromatic carbocycles. The number of anilines is 2. The van der Waals surface area contributed by atoms with Crippen molar-refractivity contribution in [3.8, 4) is 6.07 Å². The minimum atomic E-state index is 0.189. The maximum atomic E-state index is 9.04. The van der Waals surface area contributed by atoms with Gasteiger partial charge in [-0.1, -0.05) is 27.7 Å². The molecule has 1 aromatic rings. The van der Waals surface area contributed by atoms with E-state index in [-0.39, 0.29) is 5.41 Å². The van der Waals surface area contributed by atoms with Crippen LogP contribution in [0.2, 0.25) is 0 Å². The first-order chi connectivity index (χ1) is 7.86. The lowest BCUT2D eigenvalue weighted by Crippen LogP contribution is -2.28. The largest absolute Gasteiger partial charge is 0.399 e. The number of nitriles is 1. The summed E-state index contributed by atoms with van der Waals surface area (Å²) < 4.78 is 0. The van der Waals surface area contributed by atoms with E-state index in [0.29, 0.717) is 17.2 Å². The van der Waals surface area contributed by atoms with Crippen molar-refractivity contribution in [2.75, 3.05) is 17.6 Å². The van der Waals surface area contributed by atoms with Gasteiger partial charge in [-0.25, -0.2) is 0 Å². The molecule has 0 aliphatic rings. The van der Waals surface area contributed by atoms with Crippen LogP contribution in [0.15, 0.2) is 18.2 Å². The van der Waals surface area contributed by atoms with Crippen LogP contribution in [0.3, 0.4) is 0 Å². The molecule has 3 nitrogen and oxygen atoms in total. The third-order valence-corrected chi connectivity index (χ3v) is 3.46. The van der Waals surface area contributed by atoms with Crippen molar-refractivity contribution in [3.05, 3.63) is 23.8 Å². The first kappa shape index (κ1) is 13.4. The Bertz CT molecular complexity index is 428. The van der Waals surface area contributed by atoms with Gasteiger partial charge in [-0.15, -0.1) is 0 Å². The molecule has 0 unspecified atom stereocenters. The molecular weight excluding hydrogens is 210 g/mol. The normalized spacial score (nSPS) is 11.3. The van der Waals surface area contributed by atoms with E-state index >= 15 is 0 Å². The standard InChI is InChI=1S/C14H21N3/c1-10(2)14(3,4)9-17-13-6-5-12(16)7-11(13)8-15/h5-7,10,17H,9,16H2,1-4H3. The van der Waals surface area contributed by atoms with Crippen LogP contribution in [0.25, 0.3) is 0 Å². The molecule has 92 valence electrons. The van der Waals surface area contributed by atoms with E-state index in [2.05, 4.69) is 39.1 Å². The SMILES string of the molecule is CC(C)C(C)(C)CNc1ccc(N)cc1C#N. The predicted molar refractivity (Wildman–Crippen MR) is 72.7 cm³/mol. The fourth-order valence-electron chi connectivity index (χ4n) is 1.34. The molecule has 1 rings (SSSR count). The van der Waals surface area contributed by atoms with Gasteiger partial charge in [-0.2, -0.15) is 5.26 Å². The number of nitrogens with one attached hydrogen (secondary N) is 1. The molecule has 0 aliphatic carbocycles. The lowest BCUT2D eigenvalue weighted by molar-refractivity contribution is 0.269. The van der Waals surface area contributed by atoms with Gasteiger partial charge < -0.3 is 11.1 Å². The molecule has 0 saturated carbocycles. The molecular formula is C14H21N3. The third kappa shape index (κ3) is 3.39. The van der Waals surface area contributed by atoms with E-state index < -0.39 is 0 Å². The van der Waals surface area contributed by atoms with Crippen LogP contribution in [-0.4, -0.2) is 6.54 Å². The topological polar surface area (TPSA) is 61.8 Å². The fraction of sp³-hybridized carbons (Fsp3) is 0.500. The van der Waals surface area contributed by atoms with Crippen molar-refractivity contribution in [2.24, 2.45) is 11.3 Å². The average Bonchev–Trinajstić information content (AvgIpc) is 2.27. The zero-order valence-electron chi connectivity index (χ0n) is 11.0. The van der Waals surface area contributed by atoms with Gasteiger partial charge in [0.1, 0.15) is 6.07 Å². The molecule has 3 heteroatoms. The molecule has 0 atom stereocenters. The van der Waals surface area contributed by atoms with E-state index in [4.69, 9.17) is 11.0 Å². The summed E-state index contributed by atoms with van der Waals surface area (Å²) in [6.07, 6.45) is 0. The Kier molecular flexibility index (Phi) is 4.01. The van der Waals surface area contributed by atoms with E-state index in [9.17, 15) is 0 Å². The van der Waals surface area contributed by atoms with Crippen molar-refractivity contribution in [2.45, 2.75) is 27.7 Å². The molecule has 0 aromatic heterocycles. The highest BCUT2D eigenvalue weighted by atomic mass is 14.9. The number of rotatable bonds is 4. The van der Waals surface area contributed by atoms with E-state index in [1.165, 1.54) is 0 Å². The molecule has 3 N–H and O–H groups in total. The van der Waals surface area contributed by atoms with Gasteiger partial charge in [-0.3, -0.25) is 0 Å². The van der Waals surface area contributed by atoms with Crippen molar-refractivity contribution >= 4 is 11.4 Å². The highest BCUT2D eigenvalue weighted by Gasteiger charge is 2.22. The summed E-state index contributed by atoms with van der Waals surface area (Å²) in [6, 6.07) is 7.53. The fourth-order valence-corrected chi connectivity index (χ4v) is 1.34.